The number of para-hydroxylation sites is 1. The van der Waals surface area contributed by atoms with Gasteiger partial charge in [0.15, 0.2) is 0 Å². The molecule has 0 amide bonds. The van der Waals surface area contributed by atoms with E-state index in [2.05, 4.69) is 91.0 Å². The monoisotopic (exact) mass is 388 g/mol. The van der Waals surface area contributed by atoms with E-state index in [0.29, 0.717) is 5.92 Å². The van der Waals surface area contributed by atoms with Gasteiger partial charge in [0.2, 0.25) is 0 Å². The summed E-state index contributed by atoms with van der Waals surface area (Å²) < 4.78 is 1.18. The van der Waals surface area contributed by atoms with Crippen LogP contribution >= 0.6 is 15.9 Å². The van der Waals surface area contributed by atoms with Crippen molar-refractivity contribution in [1.29, 1.82) is 0 Å². The molecule has 2 aromatic rings. The van der Waals surface area contributed by atoms with Crippen molar-refractivity contribution >= 4 is 34.0 Å². The summed E-state index contributed by atoms with van der Waals surface area (Å²) in [5.74, 6) is 0.498. The molecule has 0 radical (unpaired) electrons. The second kappa shape index (κ2) is 11.0. The third-order valence-corrected chi connectivity index (χ3v) is 4.45. The largest absolute Gasteiger partial charge is 0.383 e. The number of rotatable bonds is 6. The van der Waals surface area contributed by atoms with Crippen molar-refractivity contribution < 1.29 is 0 Å². The van der Waals surface area contributed by atoms with Crippen LogP contribution in [0.5, 0.6) is 0 Å². The molecular formula is C21H29BrN2. The van der Waals surface area contributed by atoms with Crippen LogP contribution in [0.25, 0.3) is 0 Å². The Labute approximate surface area is 155 Å². The predicted octanol–water partition coefficient (Wildman–Crippen LogP) is 7.11. The Kier molecular flexibility index (Phi) is 9.39. The van der Waals surface area contributed by atoms with Gasteiger partial charge in [0.1, 0.15) is 0 Å². The quantitative estimate of drug-likeness (QED) is 0.523. The highest BCUT2D eigenvalue weighted by Crippen LogP contribution is 2.30. The lowest BCUT2D eigenvalue weighted by Crippen LogP contribution is -2.06. The number of nitrogens with zero attached hydrogens (tertiary/aromatic N) is 1. The van der Waals surface area contributed by atoms with Crippen molar-refractivity contribution in [3.63, 3.8) is 0 Å². The van der Waals surface area contributed by atoms with E-state index >= 15 is 0 Å². The van der Waals surface area contributed by atoms with Gasteiger partial charge in [-0.25, -0.2) is 0 Å². The van der Waals surface area contributed by atoms with Crippen molar-refractivity contribution in [2.45, 2.75) is 46.5 Å². The van der Waals surface area contributed by atoms with Crippen LogP contribution in [-0.2, 0) is 0 Å². The minimum atomic E-state index is 0.498. The van der Waals surface area contributed by atoms with E-state index in [1.54, 1.807) is 0 Å². The summed E-state index contributed by atoms with van der Waals surface area (Å²) in [5.41, 5.74) is 4.51. The van der Waals surface area contributed by atoms with Crippen LogP contribution in [0.1, 0.15) is 50.7 Å². The molecule has 2 rings (SSSR count). The van der Waals surface area contributed by atoms with Gasteiger partial charge in [-0.2, -0.15) is 0 Å². The van der Waals surface area contributed by atoms with Crippen molar-refractivity contribution in [3.8, 4) is 0 Å². The molecule has 0 aromatic heterocycles. The summed E-state index contributed by atoms with van der Waals surface area (Å²) in [4.78, 5) is 4.12. The first-order valence-corrected chi connectivity index (χ1v) is 9.39. The van der Waals surface area contributed by atoms with Crippen LogP contribution in [0.3, 0.4) is 0 Å². The third-order valence-electron chi connectivity index (χ3n) is 3.72. The summed E-state index contributed by atoms with van der Waals surface area (Å²) in [6, 6.07) is 14.6. The Morgan fingerprint density at radius 3 is 2.42 bits per heavy atom. The number of nitrogens with one attached hydrogen (secondary N) is 1. The highest BCUT2D eigenvalue weighted by Gasteiger charge is 2.09. The predicted molar refractivity (Wildman–Crippen MR) is 112 cm³/mol. The van der Waals surface area contributed by atoms with E-state index in [4.69, 9.17) is 0 Å². The van der Waals surface area contributed by atoms with Crippen molar-refractivity contribution in [2.24, 2.45) is 4.99 Å². The fourth-order valence-electron chi connectivity index (χ4n) is 2.47. The number of benzene rings is 2. The Balaban J connectivity index is 0.000000891. The van der Waals surface area contributed by atoms with Gasteiger partial charge in [0.25, 0.3) is 0 Å². The Hall–Kier alpha value is -1.61. The molecule has 0 spiro atoms. The molecule has 0 bridgehead atoms. The van der Waals surface area contributed by atoms with E-state index in [1.165, 1.54) is 16.5 Å². The van der Waals surface area contributed by atoms with Gasteiger partial charge >= 0.3 is 0 Å². The average molecular weight is 389 g/mol. The highest BCUT2D eigenvalue weighted by molar-refractivity contribution is 9.10. The molecule has 2 aromatic carbocycles. The zero-order chi connectivity index (χ0) is 17.9. The molecule has 24 heavy (non-hydrogen) atoms. The van der Waals surface area contributed by atoms with Gasteiger partial charge in [-0.05, 0) is 49.2 Å². The molecule has 130 valence electrons. The van der Waals surface area contributed by atoms with Crippen LogP contribution in [-0.4, -0.2) is 13.3 Å². The van der Waals surface area contributed by atoms with Gasteiger partial charge in [-0.15, -0.1) is 0 Å². The second-order valence-corrected chi connectivity index (χ2v) is 6.83. The van der Waals surface area contributed by atoms with Gasteiger partial charge in [0.05, 0.1) is 11.4 Å². The molecule has 1 N–H and O–H groups in total. The minimum Gasteiger partial charge on any atom is -0.383 e. The normalized spacial score (nSPS) is 11.2. The SMILES string of the molecule is C=Nc1c(C)cccc1NCCC(C)c1ccccc1Br.CCC. The van der Waals surface area contributed by atoms with Crippen LogP contribution in [0.4, 0.5) is 11.4 Å². The molecule has 1 atom stereocenters. The third kappa shape index (κ3) is 6.12. The lowest BCUT2D eigenvalue weighted by atomic mass is 9.98. The number of anilines is 1. The van der Waals surface area contributed by atoms with Crippen molar-refractivity contribution in [1.82, 2.24) is 0 Å². The molecule has 3 heteroatoms. The number of halogens is 1. The summed E-state index contributed by atoms with van der Waals surface area (Å²) in [5, 5.41) is 3.48. The maximum Gasteiger partial charge on any atom is 0.0882 e. The summed E-state index contributed by atoms with van der Waals surface area (Å²) in [6.45, 7) is 13.1. The summed E-state index contributed by atoms with van der Waals surface area (Å²) in [7, 11) is 0. The Morgan fingerprint density at radius 1 is 1.12 bits per heavy atom. The van der Waals surface area contributed by atoms with Crippen LogP contribution in [0.15, 0.2) is 51.9 Å². The molecule has 1 unspecified atom stereocenters. The van der Waals surface area contributed by atoms with Crippen molar-refractivity contribution in [2.75, 3.05) is 11.9 Å². The maximum atomic E-state index is 4.12. The first-order chi connectivity index (χ1) is 11.5. The molecule has 0 heterocycles. The van der Waals surface area contributed by atoms with E-state index in [1.807, 2.05) is 12.1 Å². The molecule has 0 aliphatic rings. The van der Waals surface area contributed by atoms with Crippen LogP contribution in [0, 0.1) is 6.92 Å². The van der Waals surface area contributed by atoms with Gasteiger partial charge in [-0.3, -0.25) is 4.99 Å². The molecular weight excluding hydrogens is 360 g/mol. The second-order valence-electron chi connectivity index (χ2n) is 5.97. The highest BCUT2D eigenvalue weighted by atomic mass is 79.9. The molecule has 0 fully saturated rings. The topological polar surface area (TPSA) is 24.4 Å². The number of hydrogen-bond acceptors (Lipinski definition) is 2. The lowest BCUT2D eigenvalue weighted by Gasteiger charge is -2.16. The van der Waals surface area contributed by atoms with Gasteiger partial charge in [-0.1, -0.05) is 73.5 Å². The molecule has 2 nitrogen and oxygen atoms in total. The van der Waals surface area contributed by atoms with E-state index in [-0.39, 0.29) is 0 Å². The molecule has 0 saturated heterocycles. The fraction of sp³-hybridized carbons (Fsp3) is 0.381. The molecule has 0 saturated carbocycles. The average Bonchev–Trinajstić information content (AvgIpc) is 2.56. The Morgan fingerprint density at radius 2 is 1.79 bits per heavy atom. The van der Waals surface area contributed by atoms with Crippen LogP contribution in [0.2, 0.25) is 0 Å². The molecule has 0 aliphatic carbocycles. The first kappa shape index (κ1) is 20.4. The minimum absolute atomic E-state index is 0.498. The van der Waals surface area contributed by atoms with Crippen molar-refractivity contribution in [3.05, 3.63) is 58.1 Å². The van der Waals surface area contributed by atoms with Crippen LogP contribution < -0.4 is 5.32 Å². The zero-order valence-corrected chi connectivity index (χ0v) is 16.9. The number of aryl methyl sites for hydroxylation is 1. The van der Waals surface area contributed by atoms with Gasteiger partial charge in [0, 0.05) is 11.0 Å². The Bertz CT molecular complexity index is 637. The smallest absolute Gasteiger partial charge is 0.0882 e. The number of hydrogen-bond donors (Lipinski definition) is 1. The summed E-state index contributed by atoms with van der Waals surface area (Å²) >= 11 is 3.62. The van der Waals surface area contributed by atoms with Gasteiger partial charge < -0.3 is 5.32 Å². The first-order valence-electron chi connectivity index (χ1n) is 8.59. The zero-order valence-electron chi connectivity index (χ0n) is 15.3. The number of aliphatic imine (C=N–C) groups is 1. The van der Waals surface area contributed by atoms with E-state index in [9.17, 15) is 0 Å². The fourth-order valence-corrected chi connectivity index (χ4v) is 3.14. The molecule has 0 aliphatic heterocycles. The lowest BCUT2D eigenvalue weighted by molar-refractivity contribution is 0.703. The summed E-state index contributed by atoms with van der Waals surface area (Å²) in [6.07, 6.45) is 2.31. The van der Waals surface area contributed by atoms with E-state index in [0.717, 1.165) is 29.9 Å². The van der Waals surface area contributed by atoms with E-state index < -0.39 is 0 Å². The standard InChI is InChI=1S/C18H21BrN2.C3H8/c1-13(15-8-4-5-9-16(15)19)11-12-21-17-10-6-7-14(2)18(17)20-3;1-3-2/h4-10,13,21H,3,11-12H2,1-2H3;3H2,1-2H3. The maximum absolute atomic E-state index is 4.12.